The van der Waals surface area contributed by atoms with Crippen LogP contribution in [0.2, 0.25) is 0 Å². The molecule has 0 bridgehead atoms. The van der Waals surface area contributed by atoms with Crippen LogP contribution in [0.1, 0.15) is 25.3 Å². The van der Waals surface area contributed by atoms with Gasteiger partial charge in [0.05, 0.1) is 13.7 Å². The number of methoxy groups -OCH3 is 1. The van der Waals surface area contributed by atoms with Crippen molar-refractivity contribution in [3.05, 3.63) is 28.2 Å². The summed E-state index contributed by atoms with van der Waals surface area (Å²) in [6, 6.07) is 5.92. The van der Waals surface area contributed by atoms with Gasteiger partial charge in [0.1, 0.15) is 5.75 Å². The number of hydrogen-bond acceptors (Lipinski definition) is 2. The van der Waals surface area contributed by atoms with E-state index in [9.17, 15) is 0 Å². The summed E-state index contributed by atoms with van der Waals surface area (Å²) in [6.45, 7) is 4.84. The van der Waals surface area contributed by atoms with E-state index < -0.39 is 0 Å². The monoisotopic (exact) mass is 467 g/mol. The maximum atomic E-state index is 6.09. The number of halogens is 2. The molecule has 0 amide bonds. The number of hydrogen-bond donors (Lipinski definition) is 1. The van der Waals surface area contributed by atoms with Crippen LogP contribution >= 0.6 is 39.9 Å². The number of nitrogens with two attached hydrogens (primary N) is 1. The van der Waals surface area contributed by atoms with Crippen molar-refractivity contribution in [2.24, 2.45) is 16.6 Å². The van der Waals surface area contributed by atoms with Crippen molar-refractivity contribution in [3.63, 3.8) is 0 Å². The van der Waals surface area contributed by atoms with Gasteiger partial charge in [-0.15, -0.1) is 24.0 Å². The van der Waals surface area contributed by atoms with Gasteiger partial charge in [-0.3, -0.25) is 0 Å². The van der Waals surface area contributed by atoms with Crippen LogP contribution in [0.25, 0.3) is 0 Å². The molecule has 21 heavy (non-hydrogen) atoms. The Morgan fingerprint density at radius 3 is 2.71 bits per heavy atom. The van der Waals surface area contributed by atoms with Gasteiger partial charge in [-0.05, 0) is 37.0 Å². The Bertz CT molecular complexity index is 488. The van der Waals surface area contributed by atoms with Crippen LogP contribution in [-0.2, 0) is 6.54 Å². The van der Waals surface area contributed by atoms with Crippen molar-refractivity contribution in [3.8, 4) is 5.75 Å². The molecular formula is C15H23BrIN3O. The molecule has 4 nitrogen and oxygen atoms in total. The second-order valence-corrected chi connectivity index (χ2v) is 6.22. The number of benzene rings is 1. The largest absolute Gasteiger partial charge is 0.496 e. The molecule has 1 saturated heterocycles. The van der Waals surface area contributed by atoms with Crippen molar-refractivity contribution in [2.45, 2.75) is 26.3 Å². The topological polar surface area (TPSA) is 50.9 Å². The van der Waals surface area contributed by atoms with Crippen LogP contribution in [0.15, 0.2) is 27.7 Å². The van der Waals surface area contributed by atoms with Gasteiger partial charge in [0.2, 0.25) is 0 Å². The summed E-state index contributed by atoms with van der Waals surface area (Å²) in [4.78, 5) is 6.68. The minimum atomic E-state index is 0. The minimum absolute atomic E-state index is 0. The SMILES string of the molecule is COc1ccc(Br)cc1CN=C(N)N1CCC(C)CC1.I. The Morgan fingerprint density at radius 2 is 2.10 bits per heavy atom. The lowest BCUT2D eigenvalue weighted by molar-refractivity contribution is 0.277. The highest BCUT2D eigenvalue weighted by Crippen LogP contribution is 2.24. The molecule has 1 fully saturated rings. The fourth-order valence-corrected chi connectivity index (χ4v) is 2.78. The smallest absolute Gasteiger partial charge is 0.191 e. The van der Waals surface area contributed by atoms with Crippen molar-refractivity contribution in [1.29, 1.82) is 0 Å². The highest BCUT2D eigenvalue weighted by molar-refractivity contribution is 14.0. The average molecular weight is 468 g/mol. The molecule has 2 N–H and O–H groups in total. The van der Waals surface area contributed by atoms with E-state index in [1.807, 2.05) is 18.2 Å². The standard InChI is InChI=1S/C15H22BrN3O.HI/c1-11-5-7-19(8-6-11)15(17)18-10-12-9-13(16)3-4-14(12)20-2;/h3-4,9,11H,5-8,10H2,1-2H3,(H2,17,18);1H. The number of aliphatic imine (C=N–C) groups is 1. The highest BCUT2D eigenvalue weighted by atomic mass is 127. The molecule has 1 heterocycles. The highest BCUT2D eigenvalue weighted by Gasteiger charge is 2.17. The fraction of sp³-hybridized carbons (Fsp3) is 0.533. The number of ether oxygens (including phenoxy) is 1. The first kappa shape index (κ1) is 18.5. The summed E-state index contributed by atoms with van der Waals surface area (Å²) in [5.41, 5.74) is 7.13. The van der Waals surface area contributed by atoms with E-state index in [0.29, 0.717) is 12.5 Å². The maximum Gasteiger partial charge on any atom is 0.191 e. The van der Waals surface area contributed by atoms with Gasteiger partial charge in [-0.1, -0.05) is 22.9 Å². The van der Waals surface area contributed by atoms with E-state index in [0.717, 1.165) is 34.8 Å². The Balaban J connectivity index is 0.00000220. The third-order valence-corrected chi connectivity index (χ3v) is 4.25. The number of guanidine groups is 1. The van der Waals surface area contributed by atoms with Crippen molar-refractivity contribution in [2.75, 3.05) is 20.2 Å². The molecule has 0 spiro atoms. The Hall–Kier alpha value is -0.500. The van der Waals surface area contributed by atoms with Gasteiger partial charge in [0.25, 0.3) is 0 Å². The molecule has 0 aliphatic carbocycles. The van der Waals surface area contributed by atoms with E-state index in [1.54, 1.807) is 7.11 Å². The molecule has 0 atom stereocenters. The summed E-state index contributed by atoms with van der Waals surface area (Å²) in [5.74, 6) is 2.28. The van der Waals surface area contributed by atoms with E-state index in [4.69, 9.17) is 10.5 Å². The zero-order chi connectivity index (χ0) is 14.5. The minimum Gasteiger partial charge on any atom is -0.496 e. The molecule has 1 aliphatic heterocycles. The number of nitrogens with zero attached hydrogens (tertiary/aromatic N) is 2. The third-order valence-electron chi connectivity index (χ3n) is 3.76. The second-order valence-electron chi connectivity index (χ2n) is 5.30. The average Bonchev–Trinajstić information content (AvgIpc) is 2.45. The lowest BCUT2D eigenvalue weighted by Gasteiger charge is -2.31. The summed E-state index contributed by atoms with van der Waals surface area (Å²) >= 11 is 3.47. The molecule has 2 rings (SSSR count). The van der Waals surface area contributed by atoms with E-state index >= 15 is 0 Å². The first-order valence-corrected chi connectivity index (χ1v) is 7.76. The van der Waals surface area contributed by atoms with Gasteiger partial charge in [0.15, 0.2) is 5.96 Å². The van der Waals surface area contributed by atoms with Crippen LogP contribution in [0.3, 0.4) is 0 Å². The van der Waals surface area contributed by atoms with Crippen molar-refractivity contribution < 1.29 is 4.74 Å². The Kier molecular flexibility index (Phi) is 7.79. The summed E-state index contributed by atoms with van der Waals surface area (Å²) in [5, 5.41) is 0. The molecule has 6 heteroatoms. The fourth-order valence-electron chi connectivity index (χ4n) is 2.37. The molecule has 1 aromatic carbocycles. The third kappa shape index (κ3) is 5.32. The van der Waals surface area contributed by atoms with E-state index in [2.05, 4.69) is 32.7 Å². The van der Waals surface area contributed by atoms with Crippen molar-refractivity contribution in [1.82, 2.24) is 4.90 Å². The first-order chi connectivity index (χ1) is 9.60. The first-order valence-electron chi connectivity index (χ1n) is 6.97. The van der Waals surface area contributed by atoms with Crippen molar-refractivity contribution >= 4 is 45.9 Å². The molecule has 118 valence electrons. The lowest BCUT2D eigenvalue weighted by Crippen LogP contribution is -2.42. The zero-order valence-corrected chi connectivity index (χ0v) is 16.4. The van der Waals surface area contributed by atoms with Crippen LogP contribution < -0.4 is 10.5 Å². The number of likely N-dealkylation sites (tertiary alicyclic amines) is 1. The van der Waals surface area contributed by atoms with E-state index in [1.165, 1.54) is 12.8 Å². The van der Waals surface area contributed by atoms with Crippen LogP contribution in [0, 0.1) is 5.92 Å². The molecule has 1 aromatic rings. The van der Waals surface area contributed by atoms with Gasteiger partial charge in [-0.2, -0.15) is 0 Å². The lowest BCUT2D eigenvalue weighted by atomic mass is 10.00. The van der Waals surface area contributed by atoms with Crippen LogP contribution in [0.4, 0.5) is 0 Å². The molecule has 1 aliphatic rings. The normalized spacial score (nSPS) is 16.5. The summed E-state index contributed by atoms with van der Waals surface area (Å²) in [7, 11) is 1.67. The summed E-state index contributed by atoms with van der Waals surface area (Å²) < 4.78 is 6.37. The predicted octanol–water partition coefficient (Wildman–Crippen LogP) is 3.62. The van der Waals surface area contributed by atoms with Gasteiger partial charge < -0.3 is 15.4 Å². The van der Waals surface area contributed by atoms with Gasteiger partial charge >= 0.3 is 0 Å². The van der Waals surface area contributed by atoms with Crippen LogP contribution in [-0.4, -0.2) is 31.1 Å². The van der Waals surface area contributed by atoms with Gasteiger partial charge in [0, 0.05) is 23.1 Å². The second kappa shape index (κ2) is 8.82. The van der Waals surface area contributed by atoms with Crippen LogP contribution in [0.5, 0.6) is 5.75 Å². The predicted molar refractivity (Wildman–Crippen MR) is 101 cm³/mol. The van der Waals surface area contributed by atoms with Gasteiger partial charge in [-0.25, -0.2) is 4.99 Å². The zero-order valence-electron chi connectivity index (χ0n) is 12.5. The molecule has 0 radical (unpaired) electrons. The maximum absolute atomic E-state index is 6.09. The number of rotatable bonds is 3. The Morgan fingerprint density at radius 1 is 1.43 bits per heavy atom. The molecule has 0 aromatic heterocycles. The van der Waals surface area contributed by atoms with E-state index in [-0.39, 0.29) is 24.0 Å². The Labute approximate surface area is 152 Å². The molecule has 0 unspecified atom stereocenters. The molecular weight excluding hydrogens is 445 g/mol. The summed E-state index contributed by atoms with van der Waals surface area (Å²) in [6.07, 6.45) is 2.38. The quantitative estimate of drug-likeness (QED) is 0.419. The molecule has 0 saturated carbocycles. The number of piperidine rings is 1.